The molecule has 0 aromatic rings. The summed E-state index contributed by atoms with van der Waals surface area (Å²) < 4.78 is 0. The van der Waals surface area contributed by atoms with Gasteiger partial charge in [0.15, 0.2) is 0 Å². The standard InChI is InChI=1S/C4H9P.C4H10/c1-4-2-5-3-4;1-4(2)3/h4-5H,2-3H2,1H3;4H,1-3H3. The van der Waals surface area contributed by atoms with Gasteiger partial charge in [-0.15, -0.1) is 8.58 Å². The van der Waals surface area contributed by atoms with Crippen molar-refractivity contribution in [2.75, 3.05) is 12.3 Å². The second kappa shape index (κ2) is 5.23. The van der Waals surface area contributed by atoms with Crippen LogP contribution in [0.5, 0.6) is 0 Å². The van der Waals surface area contributed by atoms with Crippen molar-refractivity contribution in [3.05, 3.63) is 0 Å². The second-order valence-corrected chi connectivity index (χ2v) is 4.81. The first-order chi connectivity index (χ1) is 4.13. The zero-order valence-corrected chi connectivity index (χ0v) is 8.07. The lowest BCUT2D eigenvalue weighted by Gasteiger charge is -2.19. The summed E-state index contributed by atoms with van der Waals surface area (Å²) in [4.78, 5) is 0. The van der Waals surface area contributed by atoms with Gasteiger partial charge in [-0.25, -0.2) is 0 Å². The quantitative estimate of drug-likeness (QED) is 0.461. The van der Waals surface area contributed by atoms with E-state index in [0.29, 0.717) is 0 Å². The molecule has 0 spiro atoms. The Hall–Kier alpha value is 0.430. The molecule has 0 aliphatic carbocycles. The minimum atomic E-state index is 0.833. The van der Waals surface area contributed by atoms with Gasteiger partial charge in [-0.1, -0.05) is 27.7 Å². The Kier molecular flexibility index (Phi) is 5.48. The topological polar surface area (TPSA) is 0 Å². The van der Waals surface area contributed by atoms with E-state index in [1.165, 1.54) is 20.9 Å². The van der Waals surface area contributed by atoms with Gasteiger partial charge < -0.3 is 0 Å². The second-order valence-electron chi connectivity index (χ2n) is 3.50. The SMILES string of the molecule is CC(C)C.CC1CPC1. The van der Waals surface area contributed by atoms with Crippen LogP contribution in [0.4, 0.5) is 0 Å². The smallest absolute Gasteiger partial charge is 0.0324 e. The van der Waals surface area contributed by atoms with E-state index >= 15 is 0 Å². The zero-order chi connectivity index (χ0) is 7.28. The molecule has 0 amide bonds. The van der Waals surface area contributed by atoms with Crippen LogP contribution in [0.2, 0.25) is 0 Å². The predicted octanol–water partition coefficient (Wildman–Crippen LogP) is 2.98. The normalized spacial score (nSPS) is 27.0. The minimum Gasteiger partial charge on any atom is -0.122 e. The molecular formula is C8H19P. The summed E-state index contributed by atoms with van der Waals surface area (Å²) in [6, 6.07) is 0. The van der Waals surface area contributed by atoms with E-state index in [0.717, 1.165) is 11.8 Å². The monoisotopic (exact) mass is 146 g/mol. The molecular weight excluding hydrogens is 127 g/mol. The minimum absolute atomic E-state index is 0.833. The Labute approximate surface area is 61.2 Å². The van der Waals surface area contributed by atoms with Crippen LogP contribution in [0.3, 0.4) is 0 Å². The third kappa shape index (κ3) is 8.43. The maximum atomic E-state index is 2.32. The fraction of sp³-hybridized carbons (Fsp3) is 1.00. The van der Waals surface area contributed by atoms with Crippen LogP contribution in [-0.4, -0.2) is 12.3 Å². The zero-order valence-electron chi connectivity index (χ0n) is 7.07. The molecule has 9 heavy (non-hydrogen) atoms. The molecule has 1 saturated heterocycles. The molecule has 0 nitrogen and oxygen atoms in total. The lowest BCUT2D eigenvalue weighted by atomic mass is 10.2. The van der Waals surface area contributed by atoms with Crippen molar-refractivity contribution in [3.63, 3.8) is 0 Å². The summed E-state index contributed by atoms with van der Waals surface area (Å²) in [5, 5.41) is 0. The van der Waals surface area contributed by atoms with E-state index in [4.69, 9.17) is 0 Å². The van der Waals surface area contributed by atoms with Crippen molar-refractivity contribution < 1.29 is 0 Å². The number of hydrogen-bond acceptors (Lipinski definition) is 0. The Bertz CT molecular complexity index is 52.8. The van der Waals surface area contributed by atoms with Crippen LogP contribution in [0.15, 0.2) is 0 Å². The molecule has 1 rings (SSSR count). The van der Waals surface area contributed by atoms with Gasteiger partial charge in [-0.05, 0) is 24.2 Å². The van der Waals surface area contributed by atoms with Gasteiger partial charge in [-0.2, -0.15) is 0 Å². The lowest BCUT2D eigenvalue weighted by Crippen LogP contribution is -2.09. The third-order valence-electron chi connectivity index (χ3n) is 0.986. The molecule has 1 heteroatoms. The molecule has 0 N–H and O–H groups in total. The van der Waals surface area contributed by atoms with E-state index in [1.54, 1.807) is 0 Å². The largest absolute Gasteiger partial charge is 0.122 e. The van der Waals surface area contributed by atoms with Crippen LogP contribution in [-0.2, 0) is 0 Å². The average molecular weight is 146 g/mol. The summed E-state index contributed by atoms with van der Waals surface area (Å²) in [6.45, 7) is 8.82. The van der Waals surface area contributed by atoms with E-state index in [-0.39, 0.29) is 0 Å². The summed E-state index contributed by atoms with van der Waals surface area (Å²) in [5.41, 5.74) is 0. The van der Waals surface area contributed by atoms with Crippen molar-refractivity contribution in [2.45, 2.75) is 27.7 Å². The average Bonchev–Trinajstić information content (AvgIpc) is 1.59. The summed E-state index contributed by atoms with van der Waals surface area (Å²) in [5.74, 6) is 1.91. The van der Waals surface area contributed by atoms with Gasteiger partial charge in [-0.3, -0.25) is 0 Å². The van der Waals surface area contributed by atoms with E-state index in [9.17, 15) is 0 Å². The number of hydrogen-bond donors (Lipinski definition) is 0. The third-order valence-corrected chi connectivity index (χ3v) is 2.96. The van der Waals surface area contributed by atoms with E-state index < -0.39 is 0 Å². The summed E-state index contributed by atoms with van der Waals surface area (Å²) >= 11 is 0. The Morgan fingerprint density at radius 2 is 1.44 bits per heavy atom. The molecule has 0 unspecified atom stereocenters. The van der Waals surface area contributed by atoms with Gasteiger partial charge in [0.25, 0.3) is 0 Å². The van der Waals surface area contributed by atoms with Crippen LogP contribution >= 0.6 is 8.58 Å². The van der Waals surface area contributed by atoms with Crippen molar-refractivity contribution in [3.8, 4) is 0 Å². The van der Waals surface area contributed by atoms with Crippen molar-refractivity contribution in [1.82, 2.24) is 0 Å². The molecule has 0 saturated carbocycles. The molecule has 1 fully saturated rings. The van der Waals surface area contributed by atoms with Crippen molar-refractivity contribution in [2.24, 2.45) is 11.8 Å². The molecule has 1 aliphatic rings. The van der Waals surface area contributed by atoms with Gasteiger partial charge in [0, 0.05) is 0 Å². The van der Waals surface area contributed by atoms with Crippen molar-refractivity contribution in [1.29, 1.82) is 0 Å². The number of rotatable bonds is 0. The van der Waals surface area contributed by atoms with Crippen LogP contribution in [0.1, 0.15) is 27.7 Å². The highest BCUT2D eigenvalue weighted by atomic mass is 31.1. The first kappa shape index (κ1) is 9.43. The molecule has 0 aromatic heterocycles. The highest BCUT2D eigenvalue weighted by Gasteiger charge is 2.09. The van der Waals surface area contributed by atoms with Gasteiger partial charge in [0.1, 0.15) is 0 Å². The van der Waals surface area contributed by atoms with Crippen LogP contribution in [0.25, 0.3) is 0 Å². The van der Waals surface area contributed by atoms with E-state index in [1.807, 2.05) is 0 Å². The Morgan fingerprint density at radius 1 is 1.22 bits per heavy atom. The van der Waals surface area contributed by atoms with Crippen LogP contribution in [0, 0.1) is 11.8 Å². The van der Waals surface area contributed by atoms with E-state index in [2.05, 4.69) is 27.7 Å². The fourth-order valence-corrected chi connectivity index (χ4v) is 1.30. The maximum Gasteiger partial charge on any atom is -0.0324 e. The lowest BCUT2D eigenvalue weighted by molar-refractivity contribution is 0.713. The molecule has 0 bridgehead atoms. The van der Waals surface area contributed by atoms with Crippen molar-refractivity contribution >= 4 is 8.58 Å². The highest BCUT2D eigenvalue weighted by Crippen LogP contribution is 2.29. The summed E-state index contributed by atoms with van der Waals surface area (Å²) in [7, 11) is 1.30. The fourth-order valence-electron chi connectivity index (χ4n) is 0.433. The van der Waals surface area contributed by atoms with Gasteiger partial charge >= 0.3 is 0 Å². The first-order valence-corrected chi connectivity index (χ1v) is 5.25. The van der Waals surface area contributed by atoms with Crippen LogP contribution < -0.4 is 0 Å². The highest BCUT2D eigenvalue weighted by molar-refractivity contribution is 7.39. The molecule has 0 radical (unpaired) electrons. The molecule has 56 valence electrons. The molecule has 0 atom stereocenters. The molecule has 0 aromatic carbocycles. The predicted molar refractivity (Wildman–Crippen MR) is 47.7 cm³/mol. The molecule has 1 heterocycles. The van der Waals surface area contributed by atoms with Gasteiger partial charge in [0.2, 0.25) is 0 Å². The maximum absolute atomic E-state index is 2.32. The summed E-state index contributed by atoms with van der Waals surface area (Å²) in [6.07, 6.45) is 3.03. The molecule has 1 aliphatic heterocycles. The first-order valence-electron chi connectivity index (χ1n) is 3.83. The van der Waals surface area contributed by atoms with Gasteiger partial charge in [0.05, 0.1) is 0 Å². The Balaban J connectivity index is 0.000000148. The Morgan fingerprint density at radius 3 is 1.44 bits per heavy atom.